The van der Waals surface area contributed by atoms with Crippen molar-refractivity contribution in [1.82, 2.24) is 10.6 Å². The van der Waals surface area contributed by atoms with Gasteiger partial charge in [0.25, 0.3) is 0 Å². The number of aliphatic carboxylic acids is 1. The minimum absolute atomic E-state index is 0.0735. The number of ether oxygens (including phenoxy) is 1. The summed E-state index contributed by atoms with van der Waals surface area (Å²) in [5.74, 6) is -0.909. The highest BCUT2D eigenvalue weighted by atomic mass is 16.5. The molecule has 1 aliphatic rings. The molecule has 0 aromatic rings. The molecule has 1 fully saturated rings. The first-order valence-electron chi connectivity index (χ1n) is 6.35. The highest BCUT2D eigenvalue weighted by Gasteiger charge is 2.23. The first-order chi connectivity index (χ1) is 8.50. The number of rotatable bonds is 6. The van der Waals surface area contributed by atoms with Crippen molar-refractivity contribution in [3.05, 3.63) is 0 Å². The molecule has 6 heteroatoms. The summed E-state index contributed by atoms with van der Waals surface area (Å²) < 4.78 is 5.26. The molecule has 0 spiro atoms. The fraction of sp³-hybridized carbons (Fsp3) is 0.833. The van der Waals surface area contributed by atoms with Crippen molar-refractivity contribution in [2.75, 3.05) is 19.8 Å². The number of carbonyl (C=O) groups is 2. The van der Waals surface area contributed by atoms with E-state index >= 15 is 0 Å². The van der Waals surface area contributed by atoms with Gasteiger partial charge < -0.3 is 20.5 Å². The van der Waals surface area contributed by atoms with Crippen LogP contribution in [0.1, 0.15) is 26.7 Å². The Morgan fingerprint density at radius 1 is 1.44 bits per heavy atom. The standard InChI is InChI=1S/C12H22N2O4/c1-8(11(15)16)3-5-13-12(17)14-9(2)10-4-6-18-7-10/h8-10H,3-7H2,1-2H3,(H,15,16)(H2,13,14,17). The Labute approximate surface area is 107 Å². The molecule has 0 radical (unpaired) electrons. The van der Waals surface area contributed by atoms with Crippen LogP contribution in [0.15, 0.2) is 0 Å². The Balaban J connectivity index is 2.15. The van der Waals surface area contributed by atoms with Crippen molar-refractivity contribution < 1.29 is 19.4 Å². The quantitative estimate of drug-likeness (QED) is 0.658. The summed E-state index contributed by atoms with van der Waals surface area (Å²) in [6.07, 6.45) is 1.40. The zero-order valence-corrected chi connectivity index (χ0v) is 10.9. The molecule has 1 aliphatic heterocycles. The molecule has 3 unspecified atom stereocenters. The normalized spacial score (nSPS) is 22.2. The van der Waals surface area contributed by atoms with Gasteiger partial charge in [-0.2, -0.15) is 0 Å². The number of carbonyl (C=O) groups excluding carboxylic acids is 1. The number of carboxylic acids is 1. The van der Waals surface area contributed by atoms with E-state index in [0.29, 0.717) is 25.5 Å². The van der Waals surface area contributed by atoms with Crippen molar-refractivity contribution in [3.8, 4) is 0 Å². The van der Waals surface area contributed by atoms with E-state index < -0.39 is 11.9 Å². The minimum Gasteiger partial charge on any atom is -0.481 e. The molecule has 0 aromatic carbocycles. The van der Waals surface area contributed by atoms with E-state index in [1.807, 2.05) is 6.92 Å². The van der Waals surface area contributed by atoms with Crippen LogP contribution in [0.2, 0.25) is 0 Å². The number of hydrogen-bond acceptors (Lipinski definition) is 3. The van der Waals surface area contributed by atoms with Gasteiger partial charge in [-0.05, 0) is 19.8 Å². The lowest BCUT2D eigenvalue weighted by molar-refractivity contribution is -0.141. The fourth-order valence-corrected chi connectivity index (χ4v) is 1.85. The number of urea groups is 1. The lowest BCUT2D eigenvalue weighted by Crippen LogP contribution is -2.44. The van der Waals surface area contributed by atoms with Crippen LogP contribution in [0.4, 0.5) is 4.79 Å². The van der Waals surface area contributed by atoms with Gasteiger partial charge in [0.1, 0.15) is 0 Å². The Morgan fingerprint density at radius 2 is 2.17 bits per heavy atom. The Hall–Kier alpha value is -1.30. The van der Waals surface area contributed by atoms with E-state index in [4.69, 9.17) is 9.84 Å². The molecular formula is C12H22N2O4. The summed E-state index contributed by atoms with van der Waals surface area (Å²) in [5.41, 5.74) is 0. The van der Waals surface area contributed by atoms with E-state index in [2.05, 4.69) is 10.6 Å². The second kappa shape index (κ2) is 7.20. The van der Waals surface area contributed by atoms with Crippen molar-refractivity contribution in [2.45, 2.75) is 32.7 Å². The molecule has 6 nitrogen and oxygen atoms in total. The largest absolute Gasteiger partial charge is 0.481 e. The van der Waals surface area contributed by atoms with E-state index in [1.54, 1.807) is 6.92 Å². The molecule has 3 atom stereocenters. The van der Waals surface area contributed by atoms with Crippen LogP contribution >= 0.6 is 0 Å². The van der Waals surface area contributed by atoms with Gasteiger partial charge in [0.2, 0.25) is 0 Å². The fourth-order valence-electron chi connectivity index (χ4n) is 1.85. The van der Waals surface area contributed by atoms with Gasteiger partial charge >= 0.3 is 12.0 Å². The first-order valence-corrected chi connectivity index (χ1v) is 6.35. The maximum absolute atomic E-state index is 11.6. The van der Waals surface area contributed by atoms with Gasteiger partial charge in [-0.3, -0.25) is 4.79 Å². The molecule has 0 aliphatic carbocycles. The molecule has 104 valence electrons. The summed E-state index contributed by atoms with van der Waals surface area (Å²) in [6, 6.07) is -0.170. The van der Waals surface area contributed by atoms with Gasteiger partial charge in [-0.25, -0.2) is 4.79 Å². The summed E-state index contributed by atoms with van der Waals surface area (Å²) in [5, 5.41) is 14.2. The smallest absolute Gasteiger partial charge is 0.315 e. The van der Waals surface area contributed by atoms with Crippen molar-refractivity contribution in [1.29, 1.82) is 0 Å². The van der Waals surface area contributed by atoms with Gasteiger partial charge in [0.15, 0.2) is 0 Å². The number of amides is 2. The summed E-state index contributed by atoms with van der Waals surface area (Å²) in [4.78, 5) is 22.1. The monoisotopic (exact) mass is 258 g/mol. The van der Waals surface area contributed by atoms with E-state index in [1.165, 1.54) is 0 Å². The van der Waals surface area contributed by atoms with Crippen LogP contribution in [0.5, 0.6) is 0 Å². The molecule has 0 bridgehead atoms. The highest BCUT2D eigenvalue weighted by molar-refractivity contribution is 5.74. The summed E-state index contributed by atoms with van der Waals surface area (Å²) >= 11 is 0. The van der Waals surface area contributed by atoms with Gasteiger partial charge in [0.05, 0.1) is 12.5 Å². The maximum atomic E-state index is 11.6. The van der Waals surface area contributed by atoms with Crippen LogP contribution in [-0.2, 0) is 9.53 Å². The SMILES string of the molecule is CC(CCNC(=O)NC(C)C1CCOC1)C(=O)O. The predicted octanol–water partition coefficient (Wildman–Crippen LogP) is 0.821. The van der Waals surface area contributed by atoms with Crippen LogP contribution in [0.3, 0.4) is 0 Å². The first kappa shape index (κ1) is 14.8. The molecule has 3 N–H and O–H groups in total. The molecule has 1 heterocycles. The van der Waals surface area contributed by atoms with Gasteiger partial charge in [-0.15, -0.1) is 0 Å². The van der Waals surface area contributed by atoms with Crippen molar-refractivity contribution >= 4 is 12.0 Å². The van der Waals surface area contributed by atoms with Crippen LogP contribution < -0.4 is 10.6 Å². The third-order valence-electron chi connectivity index (χ3n) is 3.32. The molecule has 1 rings (SSSR count). The Morgan fingerprint density at radius 3 is 2.72 bits per heavy atom. The van der Waals surface area contributed by atoms with E-state index in [9.17, 15) is 9.59 Å². The third kappa shape index (κ3) is 4.91. The lowest BCUT2D eigenvalue weighted by atomic mass is 10.0. The zero-order valence-electron chi connectivity index (χ0n) is 10.9. The van der Waals surface area contributed by atoms with Crippen molar-refractivity contribution in [2.24, 2.45) is 11.8 Å². The van der Waals surface area contributed by atoms with Crippen molar-refractivity contribution in [3.63, 3.8) is 0 Å². The summed E-state index contributed by atoms with van der Waals surface area (Å²) in [6.45, 7) is 5.40. The average Bonchev–Trinajstić information content (AvgIpc) is 2.81. The second-order valence-electron chi connectivity index (χ2n) is 4.84. The van der Waals surface area contributed by atoms with E-state index in [0.717, 1.165) is 13.0 Å². The Bertz CT molecular complexity index is 290. The van der Waals surface area contributed by atoms with E-state index in [-0.39, 0.29) is 12.1 Å². The minimum atomic E-state index is -0.839. The maximum Gasteiger partial charge on any atom is 0.315 e. The summed E-state index contributed by atoms with van der Waals surface area (Å²) in [7, 11) is 0. The van der Waals surface area contributed by atoms with Crippen LogP contribution in [-0.4, -0.2) is 42.9 Å². The average molecular weight is 258 g/mol. The molecule has 18 heavy (non-hydrogen) atoms. The molecule has 0 aromatic heterocycles. The zero-order chi connectivity index (χ0) is 13.5. The number of hydrogen-bond donors (Lipinski definition) is 3. The molecule has 1 saturated heterocycles. The Kier molecular flexibility index (Phi) is 5.91. The lowest BCUT2D eigenvalue weighted by Gasteiger charge is -2.19. The molecule has 2 amide bonds. The second-order valence-corrected chi connectivity index (χ2v) is 4.84. The molecule has 0 saturated carbocycles. The van der Waals surface area contributed by atoms with Crippen LogP contribution in [0, 0.1) is 11.8 Å². The highest BCUT2D eigenvalue weighted by Crippen LogP contribution is 2.16. The van der Waals surface area contributed by atoms with Gasteiger partial charge in [-0.1, -0.05) is 6.92 Å². The van der Waals surface area contributed by atoms with Crippen LogP contribution in [0.25, 0.3) is 0 Å². The third-order valence-corrected chi connectivity index (χ3v) is 3.32. The predicted molar refractivity (Wildman–Crippen MR) is 66.3 cm³/mol. The topological polar surface area (TPSA) is 87.7 Å². The number of nitrogens with one attached hydrogen (secondary N) is 2. The number of carboxylic acid groups (broad SMARTS) is 1. The van der Waals surface area contributed by atoms with Gasteiger partial charge in [0, 0.05) is 25.1 Å². The molecular weight excluding hydrogens is 236 g/mol.